The molecule has 2 N–H and O–H groups in total. The van der Waals surface area contributed by atoms with Crippen LogP contribution in [0.1, 0.15) is 11.1 Å². The highest BCUT2D eigenvalue weighted by Gasteiger charge is 2.26. The third-order valence-electron chi connectivity index (χ3n) is 6.28. The minimum atomic E-state index is -1.26. The Bertz CT molecular complexity index is 1300. The van der Waals surface area contributed by atoms with Gasteiger partial charge in [0.1, 0.15) is 5.82 Å². The van der Waals surface area contributed by atoms with E-state index in [1.807, 2.05) is 4.90 Å². The van der Waals surface area contributed by atoms with Crippen molar-refractivity contribution < 1.29 is 33.5 Å². The molecule has 0 aliphatic carbocycles. The molecule has 1 fully saturated rings. The second kappa shape index (κ2) is 11.7. The van der Waals surface area contributed by atoms with E-state index in [1.54, 1.807) is 6.07 Å². The fourth-order valence-corrected chi connectivity index (χ4v) is 4.42. The highest BCUT2D eigenvalue weighted by Crippen LogP contribution is 2.27. The number of fused-ring (bicyclic) bond motifs is 2. The van der Waals surface area contributed by atoms with Gasteiger partial charge in [0.25, 0.3) is 0 Å². The Balaban J connectivity index is 0.000000349. The maximum absolute atomic E-state index is 13.4. The van der Waals surface area contributed by atoms with Gasteiger partial charge in [0.05, 0.1) is 11.9 Å². The number of hydrogen-bond acceptors (Lipinski definition) is 7. The number of halogens is 1. The Hall–Kier alpha value is -4.25. The standard InChI is InChI=1S/C22H23FN4O2.C4H4O4/c23-18-5-6-19-20(13-18)29-24-22(19)27-11-9-26(10-12-27)21(28)15-25-8-7-16-3-1-2-4-17(16)14-25;5-3(6)1-2-4(7)8/h1-6,13H,7-12,14-15H2;1-2H,(H,5,6)(H,7,8)/b;2-1+. The van der Waals surface area contributed by atoms with Crippen LogP contribution in [0.25, 0.3) is 11.0 Å². The number of aromatic nitrogens is 1. The van der Waals surface area contributed by atoms with E-state index in [0.29, 0.717) is 50.5 Å². The largest absolute Gasteiger partial charge is 0.478 e. The number of amides is 1. The normalized spacial score (nSPS) is 15.8. The van der Waals surface area contributed by atoms with Crippen LogP contribution in [-0.4, -0.2) is 82.3 Å². The quantitative estimate of drug-likeness (QED) is 0.497. The lowest BCUT2D eigenvalue weighted by Gasteiger charge is -2.36. The van der Waals surface area contributed by atoms with Crippen LogP contribution < -0.4 is 4.90 Å². The van der Waals surface area contributed by atoms with Crippen molar-refractivity contribution in [2.75, 3.05) is 44.2 Å². The Morgan fingerprint density at radius 3 is 2.30 bits per heavy atom. The van der Waals surface area contributed by atoms with Crippen molar-refractivity contribution >= 4 is 34.6 Å². The van der Waals surface area contributed by atoms with Crippen LogP contribution in [0, 0.1) is 5.82 Å². The molecule has 3 aromatic rings. The van der Waals surface area contributed by atoms with Gasteiger partial charge in [0.15, 0.2) is 11.4 Å². The van der Waals surface area contributed by atoms with Crippen LogP contribution in [-0.2, 0) is 27.3 Å². The summed E-state index contributed by atoms with van der Waals surface area (Å²) in [6.07, 6.45) is 2.11. The van der Waals surface area contributed by atoms with Crippen molar-refractivity contribution in [3.63, 3.8) is 0 Å². The Morgan fingerprint density at radius 2 is 1.62 bits per heavy atom. The molecule has 0 saturated carbocycles. The van der Waals surface area contributed by atoms with Crippen molar-refractivity contribution in [2.45, 2.75) is 13.0 Å². The molecule has 0 atom stereocenters. The molecular formula is C26H27FN4O6. The number of piperazine rings is 1. The number of carboxylic acid groups (broad SMARTS) is 2. The monoisotopic (exact) mass is 510 g/mol. The Morgan fingerprint density at radius 1 is 0.946 bits per heavy atom. The number of benzene rings is 2. The van der Waals surface area contributed by atoms with Gasteiger partial charge in [-0.2, -0.15) is 0 Å². The van der Waals surface area contributed by atoms with Crippen molar-refractivity contribution in [1.82, 2.24) is 15.0 Å². The summed E-state index contributed by atoms with van der Waals surface area (Å²) >= 11 is 0. The van der Waals surface area contributed by atoms with E-state index in [-0.39, 0.29) is 11.7 Å². The number of carbonyl (C=O) groups excluding carboxylic acids is 1. The van der Waals surface area contributed by atoms with Gasteiger partial charge in [0, 0.05) is 57.5 Å². The third kappa shape index (κ3) is 6.70. The van der Waals surface area contributed by atoms with Gasteiger partial charge in [-0.1, -0.05) is 29.4 Å². The molecule has 0 bridgehead atoms. The first-order valence-corrected chi connectivity index (χ1v) is 11.8. The van der Waals surface area contributed by atoms with Crippen LogP contribution in [0.3, 0.4) is 0 Å². The molecule has 2 aliphatic rings. The molecule has 3 heterocycles. The van der Waals surface area contributed by atoms with Gasteiger partial charge in [-0.3, -0.25) is 9.69 Å². The zero-order valence-corrected chi connectivity index (χ0v) is 20.0. The molecule has 5 rings (SSSR count). The van der Waals surface area contributed by atoms with Gasteiger partial charge in [-0.15, -0.1) is 0 Å². The molecule has 0 unspecified atom stereocenters. The highest BCUT2D eigenvalue weighted by molar-refractivity contribution is 5.90. The molecule has 1 aromatic heterocycles. The number of anilines is 1. The van der Waals surface area contributed by atoms with Crippen LogP contribution in [0.5, 0.6) is 0 Å². The van der Waals surface area contributed by atoms with Crippen LogP contribution >= 0.6 is 0 Å². The van der Waals surface area contributed by atoms with Gasteiger partial charge in [-0.25, -0.2) is 14.0 Å². The van der Waals surface area contributed by atoms with Gasteiger partial charge in [-0.05, 0) is 29.7 Å². The third-order valence-corrected chi connectivity index (χ3v) is 6.28. The lowest BCUT2D eigenvalue weighted by Crippen LogP contribution is -2.51. The number of nitrogens with zero attached hydrogens (tertiary/aromatic N) is 4. The zero-order valence-electron chi connectivity index (χ0n) is 20.0. The molecule has 37 heavy (non-hydrogen) atoms. The minimum Gasteiger partial charge on any atom is -0.478 e. The minimum absolute atomic E-state index is 0.177. The first-order valence-electron chi connectivity index (χ1n) is 11.8. The Kier molecular flexibility index (Phi) is 8.14. The molecule has 0 radical (unpaired) electrons. The van der Waals surface area contributed by atoms with Crippen molar-refractivity contribution in [2.24, 2.45) is 0 Å². The lowest BCUT2D eigenvalue weighted by molar-refractivity contribution is -0.134. The zero-order chi connectivity index (χ0) is 26.4. The number of aliphatic carboxylic acids is 2. The highest BCUT2D eigenvalue weighted by atomic mass is 19.1. The van der Waals surface area contributed by atoms with Crippen LogP contribution in [0.4, 0.5) is 10.2 Å². The average molecular weight is 511 g/mol. The molecule has 1 amide bonds. The van der Waals surface area contributed by atoms with Crippen LogP contribution in [0.15, 0.2) is 59.1 Å². The summed E-state index contributed by atoms with van der Waals surface area (Å²) < 4.78 is 18.6. The van der Waals surface area contributed by atoms with E-state index in [9.17, 15) is 18.8 Å². The molecule has 2 aliphatic heterocycles. The fourth-order valence-electron chi connectivity index (χ4n) is 4.42. The first-order chi connectivity index (χ1) is 17.8. The molecule has 2 aromatic carbocycles. The number of rotatable bonds is 5. The molecule has 0 spiro atoms. The molecule has 194 valence electrons. The average Bonchev–Trinajstić information content (AvgIpc) is 3.31. The SMILES string of the molecule is O=C(CN1CCc2ccccc2C1)N1CCN(c2noc3cc(F)ccc23)CC1.O=C(O)/C=C/C(=O)O. The second-order valence-electron chi connectivity index (χ2n) is 8.75. The van der Waals surface area contributed by atoms with E-state index >= 15 is 0 Å². The van der Waals surface area contributed by atoms with E-state index in [1.165, 1.54) is 23.3 Å². The van der Waals surface area contributed by atoms with Crippen molar-refractivity contribution in [3.8, 4) is 0 Å². The Labute approximate surface area is 212 Å². The number of carbonyl (C=O) groups is 3. The summed E-state index contributed by atoms with van der Waals surface area (Å²) in [6.45, 7) is 4.90. The van der Waals surface area contributed by atoms with E-state index < -0.39 is 11.9 Å². The second-order valence-corrected chi connectivity index (χ2v) is 8.75. The van der Waals surface area contributed by atoms with E-state index in [0.717, 1.165) is 30.7 Å². The predicted molar refractivity (Wildman–Crippen MR) is 133 cm³/mol. The van der Waals surface area contributed by atoms with Gasteiger partial charge in [0.2, 0.25) is 5.91 Å². The summed E-state index contributed by atoms with van der Waals surface area (Å²) in [5.41, 5.74) is 3.17. The smallest absolute Gasteiger partial charge is 0.328 e. The maximum Gasteiger partial charge on any atom is 0.328 e. The first kappa shape index (κ1) is 25.8. The van der Waals surface area contributed by atoms with Crippen LogP contribution in [0.2, 0.25) is 0 Å². The predicted octanol–water partition coefficient (Wildman–Crippen LogP) is 2.39. The number of hydrogen-bond donors (Lipinski definition) is 2. The van der Waals surface area contributed by atoms with Crippen molar-refractivity contribution in [1.29, 1.82) is 0 Å². The molecular weight excluding hydrogens is 483 g/mol. The molecule has 11 heteroatoms. The number of carboxylic acids is 2. The summed E-state index contributed by atoms with van der Waals surface area (Å²) in [7, 11) is 0. The molecule has 1 saturated heterocycles. The summed E-state index contributed by atoms with van der Waals surface area (Å²) in [5.74, 6) is -1.95. The van der Waals surface area contributed by atoms with Gasteiger partial charge < -0.3 is 24.5 Å². The lowest BCUT2D eigenvalue weighted by atomic mass is 10.00. The maximum atomic E-state index is 13.4. The summed E-state index contributed by atoms with van der Waals surface area (Å²) in [4.78, 5) is 38.2. The van der Waals surface area contributed by atoms with E-state index in [4.69, 9.17) is 14.7 Å². The summed E-state index contributed by atoms with van der Waals surface area (Å²) in [5, 5.41) is 20.5. The summed E-state index contributed by atoms with van der Waals surface area (Å²) in [6, 6.07) is 12.9. The van der Waals surface area contributed by atoms with E-state index in [2.05, 4.69) is 39.2 Å². The van der Waals surface area contributed by atoms with Gasteiger partial charge >= 0.3 is 11.9 Å². The van der Waals surface area contributed by atoms with Crippen molar-refractivity contribution in [3.05, 3.63) is 71.6 Å². The topological polar surface area (TPSA) is 127 Å². The fraction of sp³-hybridized carbons (Fsp3) is 0.308. The molecule has 10 nitrogen and oxygen atoms in total.